The van der Waals surface area contributed by atoms with Gasteiger partial charge in [-0.3, -0.25) is 4.79 Å². The summed E-state index contributed by atoms with van der Waals surface area (Å²) < 4.78 is 0. The van der Waals surface area contributed by atoms with Gasteiger partial charge < -0.3 is 5.32 Å². The number of rotatable bonds is 8. The van der Waals surface area contributed by atoms with Crippen LogP contribution in [0.1, 0.15) is 24.5 Å². The van der Waals surface area contributed by atoms with Crippen LogP contribution in [-0.4, -0.2) is 17.7 Å². The first kappa shape index (κ1) is 16.6. The van der Waals surface area contributed by atoms with Crippen LogP contribution in [-0.2, 0) is 17.0 Å². The van der Waals surface area contributed by atoms with Crippen LogP contribution in [0.25, 0.3) is 0 Å². The number of aryl methyl sites for hydroxylation is 1. The summed E-state index contributed by atoms with van der Waals surface area (Å²) >= 11 is 1.68. The Morgan fingerprint density at radius 2 is 1.59 bits per heavy atom. The molecule has 0 saturated carbocycles. The molecule has 1 amide bonds. The number of benzene rings is 2. The zero-order chi connectivity index (χ0) is 15.6. The van der Waals surface area contributed by atoms with Crippen molar-refractivity contribution in [2.24, 2.45) is 0 Å². The van der Waals surface area contributed by atoms with Gasteiger partial charge in [-0.25, -0.2) is 0 Å². The summed E-state index contributed by atoms with van der Waals surface area (Å²) in [4.78, 5) is 12.0. The standard InChI is InChI=1S/C19H23NOS/c1-16(22-15-18-11-6-3-7-12-18)19(21)20-14-8-13-17-9-4-2-5-10-17/h2-7,9-12,16H,8,13-15H2,1H3,(H,20,21)/t16-/m1/s1. The molecule has 0 aromatic heterocycles. The Hall–Kier alpha value is -1.74. The Kier molecular flexibility index (Phi) is 7.04. The molecule has 0 saturated heterocycles. The number of hydrogen-bond donors (Lipinski definition) is 1. The van der Waals surface area contributed by atoms with Gasteiger partial charge in [-0.1, -0.05) is 60.7 Å². The highest BCUT2D eigenvalue weighted by Crippen LogP contribution is 2.17. The summed E-state index contributed by atoms with van der Waals surface area (Å²) in [6, 6.07) is 20.6. The molecule has 3 heteroatoms. The van der Waals surface area contributed by atoms with E-state index in [0.29, 0.717) is 0 Å². The van der Waals surface area contributed by atoms with Crippen LogP contribution in [0.4, 0.5) is 0 Å². The first-order valence-corrected chi connectivity index (χ1v) is 8.78. The predicted octanol–water partition coefficient (Wildman–Crippen LogP) is 4.06. The number of thioether (sulfide) groups is 1. The van der Waals surface area contributed by atoms with Crippen LogP contribution >= 0.6 is 11.8 Å². The minimum Gasteiger partial charge on any atom is -0.355 e. The lowest BCUT2D eigenvalue weighted by atomic mass is 10.1. The van der Waals surface area contributed by atoms with Crippen LogP contribution in [0.15, 0.2) is 60.7 Å². The summed E-state index contributed by atoms with van der Waals surface area (Å²) in [5, 5.41) is 3.01. The highest BCUT2D eigenvalue weighted by atomic mass is 32.2. The van der Waals surface area contributed by atoms with Crippen LogP contribution < -0.4 is 5.32 Å². The van der Waals surface area contributed by atoms with Gasteiger partial charge in [0.25, 0.3) is 0 Å². The molecular formula is C19H23NOS. The highest BCUT2D eigenvalue weighted by Gasteiger charge is 2.12. The fraction of sp³-hybridized carbons (Fsp3) is 0.316. The zero-order valence-corrected chi connectivity index (χ0v) is 13.8. The maximum absolute atomic E-state index is 12.0. The fourth-order valence-corrected chi connectivity index (χ4v) is 3.03. The average Bonchev–Trinajstić information content (AvgIpc) is 2.58. The van der Waals surface area contributed by atoms with Crippen LogP contribution in [0, 0.1) is 0 Å². The van der Waals surface area contributed by atoms with E-state index in [0.717, 1.165) is 25.1 Å². The van der Waals surface area contributed by atoms with E-state index in [-0.39, 0.29) is 11.2 Å². The molecule has 22 heavy (non-hydrogen) atoms. The molecule has 0 radical (unpaired) electrons. The number of carbonyl (C=O) groups is 1. The molecule has 2 rings (SSSR count). The zero-order valence-electron chi connectivity index (χ0n) is 13.0. The quantitative estimate of drug-likeness (QED) is 0.745. The summed E-state index contributed by atoms with van der Waals surface area (Å²) in [7, 11) is 0. The van der Waals surface area contributed by atoms with E-state index < -0.39 is 0 Å². The van der Waals surface area contributed by atoms with Crippen molar-refractivity contribution in [1.29, 1.82) is 0 Å². The van der Waals surface area contributed by atoms with Crippen molar-refractivity contribution in [3.63, 3.8) is 0 Å². The third-order valence-corrected chi connectivity index (χ3v) is 4.71. The van der Waals surface area contributed by atoms with E-state index >= 15 is 0 Å². The minimum atomic E-state index is -0.0167. The van der Waals surface area contributed by atoms with Crippen molar-refractivity contribution in [3.8, 4) is 0 Å². The van der Waals surface area contributed by atoms with Crippen molar-refractivity contribution < 1.29 is 4.79 Å². The molecule has 1 atom stereocenters. The van der Waals surface area contributed by atoms with Gasteiger partial charge in [0, 0.05) is 12.3 Å². The maximum atomic E-state index is 12.0. The molecule has 0 aliphatic heterocycles. The van der Waals surface area contributed by atoms with Gasteiger partial charge >= 0.3 is 0 Å². The lowest BCUT2D eigenvalue weighted by Gasteiger charge is -2.12. The summed E-state index contributed by atoms with van der Waals surface area (Å²) in [5.74, 6) is 1.01. The lowest BCUT2D eigenvalue weighted by molar-refractivity contribution is -0.120. The Morgan fingerprint density at radius 1 is 1.00 bits per heavy atom. The van der Waals surface area contributed by atoms with Crippen molar-refractivity contribution in [1.82, 2.24) is 5.32 Å². The van der Waals surface area contributed by atoms with Gasteiger partial charge in [0.15, 0.2) is 0 Å². The second-order valence-electron chi connectivity index (χ2n) is 5.32. The van der Waals surface area contributed by atoms with E-state index in [9.17, 15) is 4.79 Å². The van der Waals surface area contributed by atoms with E-state index in [4.69, 9.17) is 0 Å². The summed E-state index contributed by atoms with van der Waals surface area (Å²) in [6.45, 7) is 2.71. The predicted molar refractivity (Wildman–Crippen MR) is 95.0 cm³/mol. The van der Waals surface area contributed by atoms with Crippen LogP contribution in [0.2, 0.25) is 0 Å². The summed E-state index contributed by atoms with van der Waals surface area (Å²) in [6.07, 6.45) is 1.98. The van der Waals surface area contributed by atoms with Gasteiger partial charge in [-0.15, -0.1) is 11.8 Å². The molecule has 0 heterocycles. The van der Waals surface area contributed by atoms with Gasteiger partial charge in [-0.05, 0) is 30.9 Å². The highest BCUT2D eigenvalue weighted by molar-refractivity contribution is 7.99. The second kappa shape index (κ2) is 9.31. The van der Waals surface area contributed by atoms with E-state index in [1.54, 1.807) is 11.8 Å². The molecule has 2 nitrogen and oxygen atoms in total. The van der Waals surface area contributed by atoms with E-state index in [1.165, 1.54) is 11.1 Å². The molecule has 0 aliphatic carbocycles. The molecule has 2 aromatic rings. The van der Waals surface area contributed by atoms with Gasteiger partial charge in [0.05, 0.1) is 5.25 Å². The third-order valence-electron chi connectivity index (χ3n) is 3.50. The Morgan fingerprint density at radius 3 is 2.23 bits per heavy atom. The molecule has 1 N–H and O–H groups in total. The van der Waals surface area contributed by atoms with E-state index in [1.807, 2.05) is 31.2 Å². The number of carbonyl (C=O) groups excluding carboxylic acids is 1. The molecule has 0 spiro atoms. The van der Waals surface area contributed by atoms with Crippen molar-refractivity contribution in [3.05, 3.63) is 71.8 Å². The Balaban J connectivity index is 1.62. The fourth-order valence-electron chi connectivity index (χ4n) is 2.16. The molecule has 2 aromatic carbocycles. The maximum Gasteiger partial charge on any atom is 0.232 e. The normalized spacial score (nSPS) is 11.9. The molecule has 0 fully saturated rings. The third kappa shape index (κ3) is 5.94. The SMILES string of the molecule is C[C@@H](SCc1ccccc1)C(=O)NCCCc1ccccc1. The monoisotopic (exact) mass is 313 g/mol. The van der Waals surface area contributed by atoms with Gasteiger partial charge in [0.2, 0.25) is 5.91 Å². The van der Waals surface area contributed by atoms with E-state index in [2.05, 4.69) is 41.7 Å². The summed E-state index contributed by atoms with van der Waals surface area (Å²) in [5.41, 5.74) is 2.58. The topological polar surface area (TPSA) is 29.1 Å². The van der Waals surface area contributed by atoms with Gasteiger partial charge in [0.1, 0.15) is 0 Å². The number of nitrogens with one attached hydrogen (secondary N) is 1. The number of hydrogen-bond acceptors (Lipinski definition) is 2. The average molecular weight is 313 g/mol. The molecular weight excluding hydrogens is 290 g/mol. The van der Waals surface area contributed by atoms with Crippen molar-refractivity contribution in [2.45, 2.75) is 30.8 Å². The number of amides is 1. The van der Waals surface area contributed by atoms with Crippen LogP contribution in [0.3, 0.4) is 0 Å². The van der Waals surface area contributed by atoms with Gasteiger partial charge in [-0.2, -0.15) is 0 Å². The molecule has 116 valence electrons. The molecule has 0 aliphatic rings. The second-order valence-corrected chi connectivity index (χ2v) is 6.65. The smallest absolute Gasteiger partial charge is 0.232 e. The molecule has 0 bridgehead atoms. The largest absolute Gasteiger partial charge is 0.355 e. The van der Waals surface area contributed by atoms with Crippen LogP contribution in [0.5, 0.6) is 0 Å². The first-order valence-electron chi connectivity index (χ1n) is 7.73. The lowest BCUT2D eigenvalue weighted by Crippen LogP contribution is -2.31. The first-order chi connectivity index (χ1) is 10.8. The minimum absolute atomic E-state index is 0.0167. The van der Waals surface area contributed by atoms with Crippen molar-refractivity contribution in [2.75, 3.05) is 6.54 Å². The Labute approximate surface area is 137 Å². The van der Waals surface area contributed by atoms with Crippen molar-refractivity contribution >= 4 is 17.7 Å². The molecule has 0 unspecified atom stereocenters. The Bertz CT molecular complexity index is 556.